The van der Waals surface area contributed by atoms with Crippen molar-refractivity contribution in [1.29, 1.82) is 0 Å². The standard InChI is InChI=1S/C19H23N3O9S/c1-2-3-8-30-19(24)13-31-18(23)12-21-32(27,28)15-6-7-16(17(10-15)22(25)26)20-11-14-5-4-9-29-14/h4-7,9-10,20-21H,2-3,8,11-13H2,1H3. The lowest BCUT2D eigenvalue weighted by atomic mass is 10.2. The first kappa shape index (κ1) is 24.8. The van der Waals surface area contributed by atoms with Gasteiger partial charge in [0.1, 0.15) is 18.0 Å². The molecular formula is C19H23N3O9S. The second kappa shape index (κ2) is 11.8. The number of hydrogen-bond acceptors (Lipinski definition) is 10. The average molecular weight is 469 g/mol. The van der Waals surface area contributed by atoms with Gasteiger partial charge < -0.3 is 19.2 Å². The lowest BCUT2D eigenvalue weighted by molar-refractivity contribution is -0.384. The molecule has 0 aliphatic rings. The van der Waals surface area contributed by atoms with Crippen LogP contribution in [0.2, 0.25) is 0 Å². The second-order valence-electron chi connectivity index (χ2n) is 6.43. The van der Waals surface area contributed by atoms with Gasteiger partial charge in [-0.25, -0.2) is 13.2 Å². The molecule has 13 heteroatoms. The smallest absolute Gasteiger partial charge is 0.344 e. The van der Waals surface area contributed by atoms with Gasteiger partial charge in [-0.3, -0.25) is 14.9 Å². The molecule has 174 valence electrons. The SMILES string of the molecule is CCCCOC(=O)COC(=O)CNS(=O)(=O)c1ccc(NCc2ccco2)c([N+](=O)[O-])c1. The Bertz CT molecular complexity index is 1040. The molecule has 0 amide bonds. The number of nitrogens with zero attached hydrogens (tertiary/aromatic N) is 1. The summed E-state index contributed by atoms with van der Waals surface area (Å²) in [5.74, 6) is -1.22. The van der Waals surface area contributed by atoms with Crippen LogP contribution in [0.1, 0.15) is 25.5 Å². The number of anilines is 1. The Hall–Kier alpha value is -3.45. The molecule has 0 unspecified atom stereocenters. The highest BCUT2D eigenvalue weighted by Crippen LogP contribution is 2.28. The van der Waals surface area contributed by atoms with Crippen molar-refractivity contribution < 1.29 is 36.8 Å². The highest BCUT2D eigenvalue weighted by Gasteiger charge is 2.22. The quantitative estimate of drug-likeness (QED) is 0.191. The maximum Gasteiger partial charge on any atom is 0.344 e. The summed E-state index contributed by atoms with van der Waals surface area (Å²) in [6.45, 7) is 0.859. The van der Waals surface area contributed by atoms with Crippen LogP contribution < -0.4 is 10.0 Å². The van der Waals surface area contributed by atoms with Gasteiger partial charge in [-0.05, 0) is 30.7 Å². The Morgan fingerprint density at radius 2 is 1.97 bits per heavy atom. The summed E-state index contributed by atoms with van der Waals surface area (Å²) < 4.78 is 41.4. The van der Waals surface area contributed by atoms with E-state index in [0.29, 0.717) is 12.2 Å². The van der Waals surface area contributed by atoms with E-state index in [-0.39, 0.29) is 18.8 Å². The van der Waals surface area contributed by atoms with Gasteiger partial charge in [0.25, 0.3) is 5.69 Å². The van der Waals surface area contributed by atoms with Gasteiger partial charge in [-0.2, -0.15) is 4.72 Å². The number of carbonyl (C=O) groups is 2. The fraction of sp³-hybridized carbons (Fsp3) is 0.368. The van der Waals surface area contributed by atoms with Crippen LogP contribution in [-0.2, 0) is 35.6 Å². The summed E-state index contributed by atoms with van der Waals surface area (Å²) in [4.78, 5) is 33.3. The van der Waals surface area contributed by atoms with Crippen LogP contribution in [0.4, 0.5) is 11.4 Å². The number of carbonyl (C=O) groups excluding carboxylic acids is 2. The number of nitro groups is 1. The van der Waals surface area contributed by atoms with Crippen LogP contribution in [0.3, 0.4) is 0 Å². The van der Waals surface area contributed by atoms with Crippen LogP contribution >= 0.6 is 0 Å². The number of nitro benzene ring substituents is 1. The first-order chi connectivity index (χ1) is 15.2. The molecule has 0 radical (unpaired) electrons. The van der Waals surface area contributed by atoms with Gasteiger partial charge in [0.15, 0.2) is 6.61 Å². The van der Waals surface area contributed by atoms with Crippen LogP contribution in [0, 0.1) is 10.1 Å². The Kier molecular flexibility index (Phi) is 9.16. The minimum Gasteiger partial charge on any atom is -0.467 e. The Morgan fingerprint density at radius 3 is 2.62 bits per heavy atom. The van der Waals surface area contributed by atoms with Gasteiger partial charge >= 0.3 is 11.9 Å². The molecule has 0 saturated heterocycles. The number of esters is 2. The number of rotatable bonds is 13. The molecule has 0 spiro atoms. The lowest BCUT2D eigenvalue weighted by Gasteiger charge is -2.10. The predicted octanol–water partition coefficient (Wildman–Crippen LogP) is 1.96. The third-order valence-electron chi connectivity index (χ3n) is 4.03. The fourth-order valence-electron chi connectivity index (χ4n) is 2.37. The molecule has 2 aromatic rings. The Morgan fingerprint density at radius 1 is 1.19 bits per heavy atom. The molecule has 2 rings (SSSR count). The van der Waals surface area contributed by atoms with Crippen LogP contribution in [0.25, 0.3) is 0 Å². The molecule has 1 aromatic heterocycles. The van der Waals surface area contributed by atoms with Gasteiger partial charge in [0.2, 0.25) is 10.0 Å². The van der Waals surface area contributed by atoms with Crippen molar-refractivity contribution in [3.05, 3.63) is 52.5 Å². The first-order valence-electron chi connectivity index (χ1n) is 9.58. The van der Waals surface area contributed by atoms with Crippen LogP contribution in [-0.4, -0.2) is 45.0 Å². The molecular weight excluding hydrogens is 446 g/mol. The molecule has 0 saturated carbocycles. The maximum absolute atomic E-state index is 12.4. The number of unbranched alkanes of at least 4 members (excludes halogenated alkanes) is 1. The molecule has 0 aliphatic carbocycles. The van der Waals surface area contributed by atoms with E-state index in [0.717, 1.165) is 18.6 Å². The van der Waals surface area contributed by atoms with E-state index in [1.807, 2.05) is 11.6 Å². The van der Waals surface area contributed by atoms with Gasteiger partial charge in [-0.15, -0.1) is 0 Å². The van der Waals surface area contributed by atoms with Gasteiger partial charge in [0.05, 0.1) is 29.2 Å². The summed E-state index contributed by atoms with van der Waals surface area (Å²) in [5.41, 5.74) is -0.386. The zero-order valence-corrected chi connectivity index (χ0v) is 18.1. The van der Waals surface area contributed by atoms with E-state index in [1.165, 1.54) is 12.3 Å². The third-order valence-corrected chi connectivity index (χ3v) is 5.43. The van der Waals surface area contributed by atoms with E-state index in [9.17, 15) is 28.1 Å². The molecule has 32 heavy (non-hydrogen) atoms. The predicted molar refractivity (Wildman–Crippen MR) is 111 cm³/mol. The number of sulfonamides is 1. The third kappa shape index (κ3) is 7.67. The number of hydrogen-bond donors (Lipinski definition) is 2. The molecule has 0 bridgehead atoms. The van der Waals surface area contributed by atoms with Gasteiger partial charge in [-0.1, -0.05) is 13.3 Å². The largest absolute Gasteiger partial charge is 0.467 e. The van der Waals surface area contributed by atoms with Crippen molar-refractivity contribution in [2.75, 3.05) is 25.1 Å². The maximum atomic E-state index is 12.4. The Labute approximate surface area is 184 Å². The van der Waals surface area contributed by atoms with E-state index in [1.54, 1.807) is 12.1 Å². The highest BCUT2D eigenvalue weighted by atomic mass is 32.2. The molecule has 0 fully saturated rings. The van der Waals surface area contributed by atoms with E-state index in [4.69, 9.17) is 9.15 Å². The summed E-state index contributed by atoms with van der Waals surface area (Å²) in [6.07, 6.45) is 2.95. The minimum absolute atomic E-state index is 0.0892. The van der Waals surface area contributed by atoms with Crippen LogP contribution in [0.15, 0.2) is 45.9 Å². The van der Waals surface area contributed by atoms with Crippen molar-refractivity contribution in [1.82, 2.24) is 4.72 Å². The van der Waals surface area contributed by atoms with E-state index < -0.39 is 50.6 Å². The monoisotopic (exact) mass is 469 g/mol. The zero-order chi connectivity index (χ0) is 23.6. The average Bonchev–Trinajstić information content (AvgIpc) is 3.28. The van der Waals surface area contributed by atoms with Crippen molar-refractivity contribution in [3.63, 3.8) is 0 Å². The fourth-order valence-corrected chi connectivity index (χ4v) is 3.36. The minimum atomic E-state index is -4.26. The summed E-state index contributed by atoms with van der Waals surface area (Å²) >= 11 is 0. The number of nitrogens with one attached hydrogen (secondary N) is 2. The van der Waals surface area contributed by atoms with Crippen molar-refractivity contribution in [3.8, 4) is 0 Å². The molecule has 2 N–H and O–H groups in total. The van der Waals surface area contributed by atoms with Crippen molar-refractivity contribution >= 4 is 33.3 Å². The first-order valence-corrected chi connectivity index (χ1v) is 11.1. The zero-order valence-electron chi connectivity index (χ0n) is 17.2. The molecule has 0 atom stereocenters. The number of benzene rings is 1. The molecule has 1 aromatic carbocycles. The van der Waals surface area contributed by atoms with Crippen molar-refractivity contribution in [2.45, 2.75) is 31.2 Å². The molecule has 0 aliphatic heterocycles. The van der Waals surface area contributed by atoms with E-state index >= 15 is 0 Å². The lowest BCUT2D eigenvalue weighted by Crippen LogP contribution is -2.31. The highest BCUT2D eigenvalue weighted by molar-refractivity contribution is 7.89. The summed E-state index contributed by atoms with van der Waals surface area (Å²) in [7, 11) is -4.26. The number of ether oxygens (including phenoxy) is 2. The normalized spacial score (nSPS) is 11.0. The second-order valence-corrected chi connectivity index (χ2v) is 8.20. The number of furan rings is 1. The summed E-state index contributed by atoms with van der Waals surface area (Å²) in [6, 6.07) is 6.58. The topological polar surface area (TPSA) is 167 Å². The summed E-state index contributed by atoms with van der Waals surface area (Å²) in [5, 5.41) is 14.2. The molecule has 12 nitrogen and oxygen atoms in total. The van der Waals surface area contributed by atoms with Crippen molar-refractivity contribution in [2.24, 2.45) is 0 Å². The van der Waals surface area contributed by atoms with Gasteiger partial charge in [0, 0.05) is 6.07 Å². The molecule has 1 heterocycles. The van der Waals surface area contributed by atoms with E-state index in [2.05, 4.69) is 10.1 Å². The Balaban J connectivity index is 1.95. The van der Waals surface area contributed by atoms with Crippen LogP contribution in [0.5, 0.6) is 0 Å².